The Bertz CT molecular complexity index is 1630. The average molecular weight is 558 g/mol. The number of likely N-dealkylation sites (tertiary alicyclic amines) is 1. The summed E-state index contributed by atoms with van der Waals surface area (Å²) < 4.78 is 19.8. The van der Waals surface area contributed by atoms with Gasteiger partial charge in [0.1, 0.15) is 17.9 Å². The smallest absolute Gasteiger partial charge is 0.410 e. The summed E-state index contributed by atoms with van der Waals surface area (Å²) in [6.07, 6.45) is 2.61. The van der Waals surface area contributed by atoms with Gasteiger partial charge in [-0.25, -0.2) is 14.2 Å². The monoisotopic (exact) mass is 557 g/mol. The highest BCUT2D eigenvalue weighted by atomic mass is 35.5. The summed E-state index contributed by atoms with van der Waals surface area (Å²) >= 11 is 6.76. The third-order valence-electron chi connectivity index (χ3n) is 6.85. The summed E-state index contributed by atoms with van der Waals surface area (Å²) in [5.74, 6) is -1.04. The number of amides is 2. The summed E-state index contributed by atoms with van der Waals surface area (Å²) in [6.45, 7) is 0.949. The van der Waals surface area contributed by atoms with E-state index >= 15 is 0 Å². The Labute approximate surface area is 235 Å². The van der Waals surface area contributed by atoms with E-state index in [1.54, 1.807) is 24.1 Å². The molecule has 0 bridgehead atoms. The number of hydrogen-bond donors (Lipinski definition) is 0. The second-order valence-corrected chi connectivity index (χ2v) is 9.95. The lowest BCUT2D eigenvalue weighted by Gasteiger charge is -2.28. The van der Waals surface area contributed by atoms with Gasteiger partial charge in [-0.3, -0.25) is 9.78 Å². The summed E-state index contributed by atoms with van der Waals surface area (Å²) in [5.41, 5.74) is 2.24. The van der Waals surface area contributed by atoms with E-state index in [0.717, 1.165) is 18.1 Å². The first-order valence-corrected chi connectivity index (χ1v) is 13.1. The van der Waals surface area contributed by atoms with E-state index in [4.69, 9.17) is 16.3 Å². The topological polar surface area (TPSA) is 99.4 Å². The second-order valence-electron chi connectivity index (χ2n) is 9.58. The van der Waals surface area contributed by atoms with Crippen LogP contribution in [0, 0.1) is 17.1 Å². The second kappa shape index (κ2) is 11.7. The molecule has 0 aliphatic carbocycles. The fourth-order valence-corrected chi connectivity index (χ4v) is 5.23. The van der Waals surface area contributed by atoms with Crippen molar-refractivity contribution in [3.63, 3.8) is 0 Å². The van der Waals surface area contributed by atoms with E-state index in [9.17, 15) is 19.2 Å². The molecule has 1 saturated heterocycles. The third kappa shape index (κ3) is 5.58. The van der Waals surface area contributed by atoms with Crippen LogP contribution >= 0.6 is 11.6 Å². The Morgan fingerprint density at radius 1 is 1.20 bits per heavy atom. The Balaban J connectivity index is 1.41. The zero-order valence-electron chi connectivity index (χ0n) is 21.7. The van der Waals surface area contributed by atoms with Crippen LogP contribution in [0.1, 0.15) is 34.3 Å². The number of pyridine rings is 2. The molecule has 0 unspecified atom stereocenters. The number of benzene rings is 2. The molecule has 0 spiro atoms. The molecule has 40 heavy (non-hydrogen) atoms. The molecule has 1 aliphatic rings. The van der Waals surface area contributed by atoms with E-state index in [1.165, 1.54) is 23.2 Å². The average Bonchev–Trinajstić information content (AvgIpc) is 3.43. The van der Waals surface area contributed by atoms with Crippen LogP contribution in [0.3, 0.4) is 0 Å². The lowest BCUT2D eigenvalue weighted by atomic mass is 10.0. The Morgan fingerprint density at radius 3 is 2.77 bits per heavy atom. The number of aromatic nitrogens is 2. The maximum absolute atomic E-state index is 14.3. The normalized spacial score (nSPS) is 14.7. The van der Waals surface area contributed by atoms with Gasteiger partial charge in [0, 0.05) is 31.9 Å². The van der Waals surface area contributed by atoms with Crippen LogP contribution in [0.4, 0.5) is 9.18 Å². The van der Waals surface area contributed by atoms with E-state index in [0.29, 0.717) is 24.0 Å². The minimum atomic E-state index is -0.622. The number of ether oxygens (including phenoxy) is 1. The molecule has 2 aromatic carbocycles. The largest absolute Gasteiger partial charge is 0.445 e. The van der Waals surface area contributed by atoms with E-state index in [1.807, 2.05) is 36.4 Å². The van der Waals surface area contributed by atoms with Crippen LogP contribution in [0.25, 0.3) is 22.3 Å². The van der Waals surface area contributed by atoms with Crippen molar-refractivity contribution in [3.05, 3.63) is 94.4 Å². The van der Waals surface area contributed by atoms with Crippen LogP contribution in [-0.2, 0) is 11.3 Å². The summed E-state index contributed by atoms with van der Waals surface area (Å²) in [5, 5.41) is 9.30. The molecule has 1 aliphatic heterocycles. The highest BCUT2D eigenvalue weighted by molar-refractivity contribution is 6.37. The van der Waals surface area contributed by atoms with Crippen LogP contribution < -0.4 is 0 Å². The van der Waals surface area contributed by atoms with Crippen molar-refractivity contribution in [2.45, 2.75) is 25.5 Å². The molecule has 2 amide bonds. The molecule has 1 fully saturated rings. The number of nitrogens with zero attached hydrogens (tertiary/aromatic N) is 5. The molecule has 10 heteroatoms. The van der Waals surface area contributed by atoms with Crippen LogP contribution in [0.5, 0.6) is 0 Å². The van der Waals surface area contributed by atoms with Gasteiger partial charge >= 0.3 is 6.09 Å². The number of nitriles is 1. The lowest BCUT2D eigenvalue weighted by Crippen LogP contribution is -2.44. The van der Waals surface area contributed by atoms with E-state index < -0.39 is 17.8 Å². The predicted octanol–water partition coefficient (Wildman–Crippen LogP) is 5.83. The number of carbonyl (C=O) groups is 2. The zero-order chi connectivity index (χ0) is 28.2. The highest BCUT2D eigenvalue weighted by Gasteiger charge is 2.33. The first-order valence-electron chi connectivity index (χ1n) is 12.7. The molecule has 0 N–H and O–H groups in total. The molecule has 1 atom stereocenters. The Kier molecular flexibility index (Phi) is 7.89. The number of carbonyl (C=O) groups excluding carboxylic acids is 2. The van der Waals surface area contributed by atoms with Gasteiger partial charge < -0.3 is 14.5 Å². The predicted molar refractivity (Wildman–Crippen MR) is 148 cm³/mol. The van der Waals surface area contributed by atoms with Crippen molar-refractivity contribution in [1.82, 2.24) is 19.8 Å². The molecule has 3 heterocycles. The quantitative estimate of drug-likeness (QED) is 0.295. The third-order valence-corrected chi connectivity index (χ3v) is 7.21. The molecule has 8 nitrogen and oxygen atoms in total. The fraction of sp³-hybridized carbons (Fsp3) is 0.233. The molecule has 4 aromatic rings. The zero-order valence-corrected chi connectivity index (χ0v) is 22.4. The lowest BCUT2D eigenvalue weighted by molar-refractivity contribution is 0.0692. The molecule has 5 rings (SSSR count). The maximum Gasteiger partial charge on any atom is 0.410 e. The first kappa shape index (κ1) is 27.0. The van der Waals surface area contributed by atoms with Gasteiger partial charge in [-0.05, 0) is 48.7 Å². The van der Waals surface area contributed by atoms with Crippen molar-refractivity contribution in [3.8, 4) is 17.3 Å². The van der Waals surface area contributed by atoms with Crippen LogP contribution in [0.2, 0.25) is 5.02 Å². The molecular formula is C30H25ClFN5O3. The van der Waals surface area contributed by atoms with Crippen molar-refractivity contribution in [2.24, 2.45) is 0 Å². The summed E-state index contributed by atoms with van der Waals surface area (Å²) in [4.78, 5) is 38.8. The van der Waals surface area contributed by atoms with Crippen LogP contribution in [-0.4, -0.2) is 57.9 Å². The Hall–Kier alpha value is -4.55. The summed E-state index contributed by atoms with van der Waals surface area (Å²) in [7, 11) is 1.63. The van der Waals surface area contributed by atoms with Crippen LogP contribution in [0.15, 0.2) is 66.9 Å². The number of hydrogen-bond acceptors (Lipinski definition) is 6. The van der Waals surface area contributed by atoms with Crippen molar-refractivity contribution >= 4 is 34.6 Å². The van der Waals surface area contributed by atoms with Gasteiger partial charge in [-0.1, -0.05) is 41.9 Å². The highest BCUT2D eigenvalue weighted by Crippen LogP contribution is 2.35. The molecule has 0 radical (unpaired) electrons. The van der Waals surface area contributed by atoms with Gasteiger partial charge in [0.15, 0.2) is 0 Å². The summed E-state index contributed by atoms with van der Waals surface area (Å²) in [6, 6.07) is 18.3. The Morgan fingerprint density at radius 2 is 2.00 bits per heavy atom. The van der Waals surface area contributed by atoms with Gasteiger partial charge in [-0.2, -0.15) is 5.26 Å². The van der Waals surface area contributed by atoms with Crippen molar-refractivity contribution in [1.29, 1.82) is 5.26 Å². The molecule has 2 aromatic heterocycles. The molecule has 0 saturated carbocycles. The minimum absolute atomic E-state index is 0.00286. The molecular weight excluding hydrogens is 533 g/mol. The minimum Gasteiger partial charge on any atom is -0.445 e. The van der Waals surface area contributed by atoms with Crippen molar-refractivity contribution < 1.29 is 18.7 Å². The van der Waals surface area contributed by atoms with Gasteiger partial charge in [0.05, 0.1) is 39.5 Å². The number of likely N-dealkylation sites (N-methyl/N-ethyl adjacent to an activating group) is 1. The first-order chi connectivity index (χ1) is 19.4. The molecule has 202 valence electrons. The number of fused-ring (bicyclic) bond motifs is 1. The van der Waals surface area contributed by atoms with Gasteiger partial charge in [0.25, 0.3) is 5.91 Å². The van der Waals surface area contributed by atoms with Gasteiger partial charge in [0.2, 0.25) is 0 Å². The van der Waals surface area contributed by atoms with Gasteiger partial charge in [-0.15, -0.1) is 0 Å². The van der Waals surface area contributed by atoms with Crippen molar-refractivity contribution in [2.75, 3.05) is 20.1 Å². The van der Waals surface area contributed by atoms with E-state index in [2.05, 4.69) is 9.97 Å². The fourth-order valence-electron chi connectivity index (χ4n) is 4.91. The standard InChI is InChI=1S/C30H25ClFN5O3/c1-36(17-23-9-6-12-37(23)30(39)40-18-19-7-3-2-4-8-19)29(38)25-26(31)27(35-24-10-5-11-34-28(24)25)21-13-20(16-33)14-22(32)15-21/h2-5,7-8,10-11,13-15,23H,6,9,12,17-18H2,1H3/t23-/m0/s1. The SMILES string of the molecule is CN(C[C@@H]1CCCN1C(=O)OCc1ccccc1)C(=O)c1c(Cl)c(-c2cc(F)cc(C#N)c2)nc2cccnc12. The maximum atomic E-state index is 14.3. The number of rotatable bonds is 6. The number of halogens is 2. The van der Waals surface area contributed by atoms with E-state index in [-0.39, 0.29) is 46.6 Å².